The van der Waals surface area contributed by atoms with Crippen LogP contribution in [0.4, 0.5) is 5.69 Å². The summed E-state index contributed by atoms with van der Waals surface area (Å²) in [5.74, 6) is 2.26. The predicted octanol–water partition coefficient (Wildman–Crippen LogP) is 2.50. The Labute approximate surface area is 229 Å². The molecule has 0 saturated carbocycles. The number of esters is 1. The van der Waals surface area contributed by atoms with E-state index in [1.807, 2.05) is 34.9 Å². The van der Waals surface area contributed by atoms with Crippen LogP contribution in [0.15, 0.2) is 42.5 Å². The molecule has 0 aliphatic carbocycles. The third kappa shape index (κ3) is 14.5. The van der Waals surface area contributed by atoms with Crippen LogP contribution in [0.25, 0.3) is 0 Å². The van der Waals surface area contributed by atoms with Crippen LogP contribution in [-0.2, 0) is 25.5 Å². The van der Waals surface area contributed by atoms with Crippen molar-refractivity contribution >= 4 is 23.4 Å². The smallest absolute Gasteiger partial charge is 0.356 e. The number of anilines is 1. The number of nitrogens with zero attached hydrogens (tertiary/aromatic N) is 2. The van der Waals surface area contributed by atoms with E-state index in [1.165, 1.54) is 7.11 Å². The minimum atomic E-state index is -0.463. The largest absolute Gasteiger partial charge is 0.491 e. The van der Waals surface area contributed by atoms with Crippen LogP contribution >= 0.6 is 11.8 Å². The van der Waals surface area contributed by atoms with E-state index in [4.69, 9.17) is 29.4 Å². The molecule has 0 bridgehead atoms. The van der Waals surface area contributed by atoms with E-state index in [0.29, 0.717) is 71.6 Å². The highest BCUT2D eigenvalue weighted by atomic mass is 32.2. The van der Waals surface area contributed by atoms with E-state index in [2.05, 4.69) is 4.98 Å². The fraction of sp³-hybridized carbons (Fsp3) is 0.556. The molecular weight excluding hydrogens is 510 g/mol. The second-order valence-corrected chi connectivity index (χ2v) is 9.45. The first kappa shape index (κ1) is 31.8. The van der Waals surface area contributed by atoms with Crippen molar-refractivity contribution in [2.24, 2.45) is 0 Å². The van der Waals surface area contributed by atoms with Crippen molar-refractivity contribution in [1.29, 1.82) is 0 Å². The van der Waals surface area contributed by atoms with E-state index < -0.39 is 5.97 Å². The van der Waals surface area contributed by atoms with Gasteiger partial charge >= 0.3 is 5.97 Å². The number of aromatic nitrogens is 1. The molecule has 0 aliphatic rings. The highest BCUT2D eigenvalue weighted by Gasteiger charge is 2.11. The summed E-state index contributed by atoms with van der Waals surface area (Å²) in [5, 5.41) is 9.36. The highest BCUT2D eigenvalue weighted by molar-refractivity contribution is 7.99. The average molecular weight is 552 g/mol. The molecular formula is C27H41N3O7S. The number of carbonyl (C=O) groups excluding carboxylic acids is 1. The summed E-state index contributed by atoms with van der Waals surface area (Å²) in [4.78, 5) is 18.1. The Balaban J connectivity index is 1.39. The molecule has 212 valence electrons. The second kappa shape index (κ2) is 20.5. The topological polar surface area (TPSA) is 126 Å². The third-order valence-electron chi connectivity index (χ3n) is 5.25. The first-order chi connectivity index (χ1) is 18.6. The number of methoxy groups -OCH3 is 1. The molecule has 0 saturated heterocycles. The van der Waals surface area contributed by atoms with Crippen LogP contribution in [0.3, 0.4) is 0 Å². The molecule has 3 N–H and O–H groups in total. The lowest BCUT2D eigenvalue weighted by Gasteiger charge is -2.21. The number of nitrogen functional groups attached to an aromatic ring is 1. The van der Waals surface area contributed by atoms with Gasteiger partial charge in [-0.2, -0.15) is 11.8 Å². The predicted molar refractivity (Wildman–Crippen MR) is 149 cm³/mol. The lowest BCUT2D eigenvalue weighted by molar-refractivity contribution is 0.0412. The molecule has 11 heteroatoms. The number of benzene rings is 1. The summed E-state index contributed by atoms with van der Waals surface area (Å²) in [7, 11) is 1.33. The number of ether oxygens (including phenoxy) is 5. The molecule has 1 heterocycles. The van der Waals surface area contributed by atoms with Crippen LogP contribution in [0, 0.1) is 0 Å². The summed E-state index contributed by atoms with van der Waals surface area (Å²) in [6, 6.07) is 12.5. The fourth-order valence-corrected chi connectivity index (χ4v) is 4.07. The van der Waals surface area contributed by atoms with Crippen LogP contribution in [0.1, 0.15) is 22.6 Å². The summed E-state index contributed by atoms with van der Waals surface area (Å²) >= 11 is 1.84. The van der Waals surface area contributed by atoms with Crippen molar-refractivity contribution in [2.45, 2.75) is 13.0 Å². The van der Waals surface area contributed by atoms with Gasteiger partial charge in [0, 0.05) is 37.7 Å². The van der Waals surface area contributed by atoms with E-state index in [-0.39, 0.29) is 12.3 Å². The van der Waals surface area contributed by atoms with E-state index in [1.54, 1.807) is 24.3 Å². The van der Waals surface area contributed by atoms with Gasteiger partial charge in [-0.15, -0.1) is 0 Å². The molecule has 0 unspecified atom stereocenters. The lowest BCUT2D eigenvalue weighted by atomic mass is 10.3. The van der Waals surface area contributed by atoms with E-state index in [9.17, 15) is 9.90 Å². The quantitative estimate of drug-likeness (QED) is 0.127. The summed E-state index contributed by atoms with van der Waals surface area (Å²) in [5.41, 5.74) is 7.38. The zero-order chi connectivity index (χ0) is 27.3. The van der Waals surface area contributed by atoms with Gasteiger partial charge < -0.3 is 34.5 Å². The molecule has 38 heavy (non-hydrogen) atoms. The molecule has 0 amide bonds. The van der Waals surface area contributed by atoms with Gasteiger partial charge in [0.05, 0.1) is 52.4 Å². The van der Waals surface area contributed by atoms with Gasteiger partial charge in [0.1, 0.15) is 18.1 Å². The molecule has 1 aromatic heterocycles. The molecule has 0 atom stereocenters. The molecule has 2 rings (SSSR count). The maximum absolute atomic E-state index is 11.7. The normalized spacial score (nSPS) is 11.1. The first-order valence-electron chi connectivity index (χ1n) is 12.8. The Bertz CT molecular complexity index is 889. The zero-order valence-electron chi connectivity index (χ0n) is 22.2. The number of hydrogen-bond donors (Lipinski definition) is 2. The number of pyridine rings is 1. The van der Waals surface area contributed by atoms with Crippen molar-refractivity contribution in [3.63, 3.8) is 0 Å². The van der Waals surface area contributed by atoms with Crippen molar-refractivity contribution in [3.05, 3.63) is 53.9 Å². The number of thioether (sulfide) groups is 1. The van der Waals surface area contributed by atoms with Crippen LogP contribution in [0.5, 0.6) is 5.75 Å². The molecule has 1 aromatic carbocycles. The SMILES string of the molecule is COC(=O)c1cccc(CN(CCO)CCOCCCSCCOCCOCCOc2ccc(N)cc2)n1. The number of nitrogens with two attached hydrogens (primary N) is 1. The third-order valence-corrected chi connectivity index (χ3v) is 6.29. The Morgan fingerprint density at radius 1 is 0.921 bits per heavy atom. The Morgan fingerprint density at radius 2 is 1.66 bits per heavy atom. The highest BCUT2D eigenvalue weighted by Crippen LogP contribution is 2.12. The lowest BCUT2D eigenvalue weighted by Crippen LogP contribution is -2.30. The van der Waals surface area contributed by atoms with Crippen LogP contribution in [-0.4, -0.2) is 106 Å². The van der Waals surface area contributed by atoms with Crippen LogP contribution in [0.2, 0.25) is 0 Å². The van der Waals surface area contributed by atoms with Gasteiger partial charge in [-0.25, -0.2) is 9.78 Å². The monoisotopic (exact) mass is 551 g/mol. The zero-order valence-corrected chi connectivity index (χ0v) is 23.0. The van der Waals surface area contributed by atoms with Crippen molar-refractivity contribution in [2.75, 3.05) is 90.3 Å². The number of rotatable bonds is 22. The van der Waals surface area contributed by atoms with Gasteiger partial charge in [0.15, 0.2) is 0 Å². The second-order valence-electron chi connectivity index (χ2n) is 8.23. The minimum absolute atomic E-state index is 0.0421. The van der Waals surface area contributed by atoms with Crippen LogP contribution < -0.4 is 10.5 Å². The molecule has 0 fully saturated rings. The Kier molecular flexibility index (Phi) is 17.2. The number of aliphatic hydroxyl groups excluding tert-OH is 1. The summed E-state index contributed by atoms with van der Waals surface area (Å²) < 4.78 is 27.1. The van der Waals surface area contributed by atoms with E-state index >= 15 is 0 Å². The van der Waals surface area contributed by atoms with Gasteiger partial charge in [-0.05, 0) is 48.6 Å². The van der Waals surface area contributed by atoms with Crippen molar-refractivity contribution in [3.8, 4) is 5.75 Å². The number of carbonyl (C=O) groups is 1. The van der Waals surface area contributed by atoms with Crippen molar-refractivity contribution < 1.29 is 33.6 Å². The van der Waals surface area contributed by atoms with Crippen molar-refractivity contribution in [1.82, 2.24) is 9.88 Å². The molecule has 0 spiro atoms. The van der Waals surface area contributed by atoms with Gasteiger partial charge in [0.2, 0.25) is 0 Å². The van der Waals surface area contributed by atoms with Gasteiger partial charge in [-0.3, -0.25) is 4.90 Å². The van der Waals surface area contributed by atoms with Gasteiger partial charge in [0.25, 0.3) is 0 Å². The van der Waals surface area contributed by atoms with E-state index in [0.717, 1.165) is 29.4 Å². The molecule has 2 aromatic rings. The fourth-order valence-electron chi connectivity index (χ4n) is 3.31. The number of hydrogen-bond acceptors (Lipinski definition) is 11. The Hall–Kier alpha value is -2.41. The molecule has 10 nitrogen and oxygen atoms in total. The summed E-state index contributed by atoms with van der Waals surface area (Å²) in [6.07, 6.45) is 0.963. The maximum atomic E-state index is 11.7. The standard InChI is InChI=1S/C27H41N3O7S/c1-33-27(32)26-5-2-4-24(29-26)22-30(10-12-31)11-14-34-13-3-20-38-21-19-36-16-15-35-17-18-37-25-8-6-23(28)7-9-25/h2,4-9,31H,3,10-22,28H2,1H3. The van der Waals surface area contributed by atoms with Gasteiger partial charge in [-0.1, -0.05) is 6.07 Å². The Morgan fingerprint density at radius 3 is 2.42 bits per heavy atom. The first-order valence-corrected chi connectivity index (χ1v) is 13.9. The average Bonchev–Trinajstić information content (AvgIpc) is 2.93. The molecule has 0 aliphatic heterocycles. The number of aliphatic hydroxyl groups is 1. The maximum Gasteiger partial charge on any atom is 0.356 e. The molecule has 0 radical (unpaired) electrons. The summed E-state index contributed by atoms with van der Waals surface area (Å²) in [6.45, 7) is 5.79. The minimum Gasteiger partial charge on any atom is -0.491 e.